The third kappa shape index (κ3) is 3.29. The van der Waals surface area contributed by atoms with E-state index in [-0.39, 0.29) is 0 Å². The van der Waals surface area contributed by atoms with E-state index in [1.807, 2.05) is 24.4 Å². The lowest BCUT2D eigenvalue weighted by atomic mass is 10.0. The molecule has 21 heavy (non-hydrogen) atoms. The minimum absolute atomic E-state index is 0.325. The summed E-state index contributed by atoms with van der Waals surface area (Å²) in [6, 6.07) is 17.0. The Kier molecular flexibility index (Phi) is 4.28. The molecule has 0 radical (unpaired) electrons. The Bertz CT molecular complexity index is 733. The van der Waals surface area contributed by atoms with E-state index in [9.17, 15) is 0 Å². The van der Waals surface area contributed by atoms with Gasteiger partial charge < -0.3 is 10.3 Å². The normalized spacial score (nSPS) is 12.7. The lowest BCUT2D eigenvalue weighted by Crippen LogP contribution is -2.20. The molecule has 1 unspecified atom stereocenters. The molecular weight excluding hydrogens is 280 g/mol. The molecule has 3 rings (SSSR count). The molecule has 2 nitrogen and oxygen atoms in total. The zero-order chi connectivity index (χ0) is 14.7. The van der Waals surface area contributed by atoms with Crippen LogP contribution >= 0.6 is 11.6 Å². The zero-order valence-corrected chi connectivity index (χ0v) is 12.8. The van der Waals surface area contributed by atoms with Crippen molar-refractivity contribution in [2.45, 2.75) is 25.9 Å². The molecule has 0 amide bonds. The zero-order valence-electron chi connectivity index (χ0n) is 12.1. The summed E-state index contributed by atoms with van der Waals surface area (Å²) < 4.78 is 0. The molecular formula is C18H19ClN2. The molecule has 3 heteroatoms. The maximum absolute atomic E-state index is 6.08. The number of nitrogens with one attached hydrogen (secondary N) is 2. The van der Waals surface area contributed by atoms with Crippen LogP contribution in [-0.2, 0) is 6.54 Å². The summed E-state index contributed by atoms with van der Waals surface area (Å²) in [5.74, 6) is 0. The molecule has 2 N–H and O–H groups in total. The molecule has 0 aliphatic rings. The molecule has 0 fully saturated rings. The van der Waals surface area contributed by atoms with Gasteiger partial charge in [0.1, 0.15) is 0 Å². The number of rotatable bonds is 5. The standard InChI is InChI=1S/C18H19ClN2/c1-2-17(14-4-3-5-16(19)11-14)21-12-13-6-7-18-15(10-13)8-9-20-18/h3-11,17,20-21H,2,12H2,1H3. The maximum Gasteiger partial charge on any atom is 0.0454 e. The minimum Gasteiger partial charge on any atom is -0.361 e. The van der Waals surface area contributed by atoms with Crippen LogP contribution in [0.1, 0.15) is 30.5 Å². The highest BCUT2D eigenvalue weighted by Gasteiger charge is 2.09. The molecule has 0 aliphatic carbocycles. The van der Waals surface area contributed by atoms with Gasteiger partial charge in [0.2, 0.25) is 0 Å². The summed E-state index contributed by atoms with van der Waals surface area (Å²) in [7, 11) is 0. The molecule has 0 saturated carbocycles. The minimum atomic E-state index is 0.325. The van der Waals surface area contributed by atoms with Gasteiger partial charge in [-0.25, -0.2) is 0 Å². The van der Waals surface area contributed by atoms with Crippen LogP contribution in [-0.4, -0.2) is 4.98 Å². The number of benzene rings is 2. The average molecular weight is 299 g/mol. The summed E-state index contributed by atoms with van der Waals surface area (Å²) in [5.41, 5.74) is 3.72. The van der Waals surface area contributed by atoms with Crippen molar-refractivity contribution in [2.75, 3.05) is 0 Å². The number of aromatic nitrogens is 1. The first-order valence-electron chi connectivity index (χ1n) is 7.31. The summed E-state index contributed by atoms with van der Waals surface area (Å²) in [6.07, 6.45) is 3.01. The molecule has 108 valence electrons. The van der Waals surface area contributed by atoms with E-state index in [0.717, 1.165) is 18.0 Å². The molecule has 0 saturated heterocycles. The first-order chi connectivity index (χ1) is 10.3. The summed E-state index contributed by atoms with van der Waals surface area (Å²) in [5, 5.41) is 5.67. The van der Waals surface area contributed by atoms with E-state index < -0.39 is 0 Å². The fraction of sp³-hybridized carbons (Fsp3) is 0.222. The number of aromatic amines is 1. The predicted octanol–water partition coefficient (Wildman–Crippen LogP) is 5.06. The quantitative estimate of drug-likeness (QED) is 0.677. The smallest absolute Gasteiger partial charge is 0.0454 e. The van der Waals surface area contributed by atoms with Crippen LogP contribution in [0.4, 0.5) is 0 Å². The van der Waals surface area contributed by atoms with Crippen LogP contribution < -0.4 is 5.32 Å². The summed E-state index contributed by atoms with van der Waals surface area (Å²) >= 11 is 6.08. The third-order valence-electron chi connectivity index (χ3n) is 3.83. The SMILES string of the molecule is CCC(NCc1ccc2[nH]ccc2c1)c1cccc(Cl)c1. The molecule has 1 heterocycles. The van der Waals surface area contributed by atoms with Crippen LogP contribution in [0.15, 0.2) is 54.7 Å². The van der Waals surface area contributed by atoms with Crippen LogP contribution in [0, 0.1) is 0 Å². The Morgan fingerprint density at radius 1 is 1.14 bits per heavy atom. The number of hydrogen-bond acceptors (Lipinski definition) is 1. The van der Waals surface area contributed by atoms with Gasteiger partial charge >= 0.3 is 0 Å². The predicted molar refractivity (Wildman–Crippen MR) is 89.6 cm³/mol. The average Bonchev–Trinajstić information content (AvgIpc) is 2.95. The lowest BCUT2D eigenvalue weighted by molar-refractivity contribution is 0.519. The van der Waals surface area contributed by atoms with Crippen molar-refractivity contribution in [3.8, 4) is 0 Å². The van der Waals surface area contributed by atoms with E-state index in [4.69, 9.17) is 11.6 Å². The maximum atomic E-state index is 6.08. The number of halogens is 1. The number of H-pyrrole nitrogens is 1. The van der Waals surface area contributed by atoms with Crippen molar-refractivity contribution in [2.24, 2.45) is 0 Å². The first-order valence-corrected chi connectivity index (χ1v) is 7.69. The van der Waals surface area contributed by atoms with Gasteiger partial charge in [-0.3, -0.25) is 0 Å². The van der Waals surface area contributed by atoms with E-state index in [1.54, 1.807) is 0 Å². The van der Waals surface area contributed by atoms with Gasteiger partial charge in [-0.05, 0) is 53.3 Å². The van der Waals surface area contributed by atoms with E-state index >= 15 is 0 Å². The monoisotopic (exact) mass is 298 g/mol. The summed E-state index contributed by atoms with van der Waals surface area (Å²) in [6.45, 7) is 3.04. The highest BCUT2D eigenvalue weighted by atomic mass is 35.5. The van der Waals surface area contributed by atoms with Crippen LogP contribution in [0.3, 0.4) is 0 Å². The molecule has 1 atom stereocenters. The highest BCUT2D eigenvalue weighted by Crippen LogP contribution is 2.21. The van der Waals surface area contributed by atoms with Gasteiger partial charge in [-0.1, -0.05) is 36.7 Å². The van der Waals surface area contributed by atoms with Gasteiger partial charge in [0, 0.05) is 29.3 Å². The molecule has 0 bridgehead atoms. The fourth-order valence-electron chi connectivity index (χ4n) is 2.67. The van der Waals surface area contributed by atoms with Crippen LogP contribution in [0.25, 0.3) is 10.9 Å². The largest absolute Gasteiger partial charge is 0.361 e. The van der Waals surface area contributed by atoms with E-state index in [2.05, 4.69) is 47.6 Å². The topological polar surface area (TPSA) is 27.8 Å². The van der Waals surface area contributed by atoms with Crippen molar-refractivity contribution < 1.29 is 0 Å². The van der Waals surface area contributed by atoms with E-state index in [1.165, 1.54) is 22.0 Å². The number of hydrogen-bond donors (Lipinski definition) is 2. The number of fused-ring (bicyclic) bond motifs is 1. The van der Waals surface area contributed by atoms with Gasteiger partial charge in [0.05, 0.1) is 0 Å². The Balaban J connectivity index is 1.72. The second kappa shape index (κ2) is 6.33. The van der Waals surface area contributed by atoms with Crippen LogP contribution in [0.2, 0.25) is 5.02 Å². The van der Waals surface area contributed by atoms with Gasteiger partial charge in [-0.15, -0.1) is 0 Å². The highest BCUT2D eigenvalue weighted by molar-refractivity contribution is 6.30. The van der Waals surface area contributed by atoms with E-state index in [0.29, 0.717) is 6.04 Å². The van der Waals surface area contributed by atoms with Crippen LogP contribution in [0.5, 0.6) is 0 Å². The van der Waals surface area contributed by atoms with Crippen molar-refractivity contribution in [1.29, 1.82) is 0 Å². The van der Waals surface area contributed by atoms with Gasteiger partial charge in [-0.2, -0.15) is 0 Å². The molecule has 0 spiro atoms. The van der Waals surface area contributed by atoms with Crippen molar-refractivity contribution >= 4 is 22.5 Å². The summed E-state index contributed by atoms with van der Waals surface area (Å²) in [4.78, 5) is 3.22. The second-order valence-corrected chi connectivity index (χ2v) is 5.73. The fourth-order valence-corrected chi connectivity index (χ4v) is 2.87. The Hall–Kier alpha value is -1.77. The van der Waals surface area contributed by atoms with Crippen molar-refractivity contribution in [3.05, 3.63) is 70.9 Å². The van der Waals surface area contributed by atoms with Crippen molar-refractivity contribution in [3.63, 3.8) is 0 Å². The van der Waals surface area contributed by atoms with Gasteiger partial charge in [0.25, 0.3) is 0 Å². The molecule has 2 aromatic carbocycles. The third-order valence-corrected chi connectivity index (χ3v) is 4.06. The Morgan fingerprint density at radius 3 is 2.86 bits per heavy atom. The lowest BCUT2D eigenvalue weighted by Gasteiger charge is -2.18. The first kappa shape index (κ1) is 14.2. The Morgan fingerprint density at radius 2 is 2.05 bits per heavy atom. The molecule has 3 aromatic rings. The second-order valence-electron chi connectivity index (χ2n) is 5.30. The van der Waals surface area contributed by atoms with Gasteiger partial charge in [0.15, 0.2) is 0 Å². The molecule has 0 aliphatic heterocycles. The van der Waals surface area contributed by atoms with Crippen molar-refractivity contribution in [1.82, 2.24) is 10.3 Å². The molecule has 1 aromatic heterocycles. The Labute approximate surface area is 130 Å².